The van der Waals surface area contributed by atoms with Gasteiger partial charge in [-0.2, -0.15) is 0 Å². The Hall–Kier alpha value is -3.93. The van der Waals surface area contributed by atoms with Crippen molar-refractivity contribution in [2.45, 2.75) is 232 Å². The van der Waals surface area contributed by atoms with E-state index in [1.807, 2.05) is 6.08 Å². The summed E-state index contributed by atoms with van der Waals surface area (Å²) < 4.78 is 16.7. The molecule has 0 aromatic carbocycles. The molecular formula is C59H96O6. The minimum absolute atomic E-state index is 0.115. The Balaban J connectivity index is 4.54. The van der Waals surface area contributed by atoms with Crippen LogP contribution in [-0.4, -0.2) is 37.2 Å². The van der Waals surface area contributed by atoms with Crippen LogP contribution < -0.4 is 0 Å². The minimum Gasteiger partial charge on any atom is -0.462 e. The van der Waals surface area contributed by atoms with Gasteiger partial charge < -0.3 is 14.2 Å². The van der Waals surface area contributed by atoms with E-state index in [4.69, 9.17) is 14.2 Å². The molecule has 0 aromatic rings. The molecule has 0 heterocycles. The molecule has 6 heteroatoms. The highest BCUT2D eigenvalue weighted by molar-refractivity contribution is 5.71. The van der Waals surface area contributed by atoms with Crippen LogP contribution >= 0.6 is 0 Å². The molecule has 6 nitrogen and oxygen atoms in total. The molecule has 0 amide bonds. The van der Waals surface area contributed by atoms with Gasteiger partial charge in [-0.05, 0) is 116 Å². The molecule has 1 atom stereocenters. The molecule has 0 saturated carbocycles. The van der Waals surface area contributed by atoms with Gasteiger partial charge in [-0.3, -0.25) is 14.4 Å². The Labute approximate surface area is 400 Å². The van der Waals surface area contributed by atoms with Crippen LogP contribution in [0, 0.1) is 0 Å². The molecule has 0 N–H and O–H groups in total. The standard InChI is InChI=1S/C59H96O6/c1-4-7-10-13-16-19-22-25-27-28-29-30-32-35-37-40-43-46-49-52-58(61)64-55-56(65-59(62)53-50-47-44-41-38-33-24-21-18-15-12-9-6-3)54-63-57(60)51-48-45-42-39-36-34-31-26-23-20-17-14-11-8-5-2/h8,11,16-17,19-21,24-27,29-31,35,37,43,46,56H,4-7,9-10,12-15,18,22-23,28,32-34,36,38-42,44-45,47-55H2,1-3H3/b11-8-,19-16-,20-17-,24-21-,27-25-,30-29-,31-26-,37-35-,46-43-/t56-/m1/s1. The first-order valence-electron chi connectivity index (χ1n) is 26.4. The summed E-state index contributed by atoms with van der Waals surface area (Å²) in [4.78, 5) is 38.0. The molecule has 0 fully saturated rings. The van der Waals surface area contributed by atoms with Crippen molar-refractivity contribution in [1.82, 2.24) is 0 Å². The number of ether oxygens (including phenoxy) is 3. The summed E-state index contributed by atoms with van der Waals surface area (Å²) in [7, 11) is 0. The summed E-state index contributed by atoms with van der Waals surface area (Å²) >= 11 is 0. The van der Waals surface area contributed by atoms with Crippen LogP contribution in [0.15, 0.2) is 109 Å². The van der Waals surface area contributed by atoms with E-state index < -0.39 is 6.10 Å². The van der Waals surface area contributed by atoms with Gasteiger partial charge in [0.1, 0.15) is 13.2 Å². The number of carbonyl (C=O) groups is 3. The van der Waals surface area contributed by atoms with Crippen LogP contribution in [0.25, 0.3) is 0 Å². The van der Waals surface area contributed by atoms with Crippen molar-refractivity contribution in [3.05, 3.63) is 109 Å². The zero-order chi connectivity index (χ0) is 47.2. The van der Waals surface area contributed by atoms with Gasteiger partial charge in [-0.25, -0.2) is 0 Å². The lowest BCUT2D eigenvalue weighted by atomic mass is 10.1. The topological polar surface area (TPSA) is 78.9 Å². The van der Waals surface area contributed by atoms with E-state index in [1.54, 1.807) is 0 Å². The van der Waals surface area contributed by atoms with Gasteiger partial charge in [0.25, 0.3) is 0 Å². The predicted molar refractivity (Wildman–Crippen MR) is 279 cm³/mol. The van der Waals surface area contributed by atoms with Gasteiger partial charge in [0.05, 0.1) is 0 Å². The van der Waals surface area contributed by atoms with Crippen molar-refractivity contribution < 1.29 is 28.6 Å². The molecule has 65 heavy (non-hydrogen) atoms. The summed E-state index contributed by atoms with van der Waals surface area (Å²) in [6.07, 6.45) is 70.8. The van der Waals surface area contributed by atoms with Crippen molar-refractivity contribution in [1.29, 1.82) is 0 Å². The van der Waals surface area contributed by atoms with E-state index in [9.17, 15) is 14.4 Å². The van der Waals surface area contributed by atoms with Crippen molar-refractivity contribution in [2.24, 2.45) is 0 Å². The van der Waals surface area contributed by atoms with Crippen LogP contribution in [0.2, 0.25) is 0 Å². The maximum atomic E-state index is 12.8. The van der Waals surface area contributed by atoms with Gasteiger partial charge in [0.2, 0.25) is 0 Å². The second-order valence-electron chi connectivity index (χ2n) is 17.0. The summed E-state index contributed by atoms with van der Waals surface area (Å²) in [5.74, 6) is -1.03. The van der Waals surface area contributed by atoms with E-state index >= 15 is 0 Å². The van der Waals surface area contributed by atoms with Crippen molar-refractivity contribution in [2.75, 3.05) is 13.2 Å². The number of rotatable bonds is 46. The van der Waals surface area contributed by atoms with E-state index in [-0.39, 0.29) is 37.5 Å². The average molecular weight is 901 g/mol. The quantitative estimate of drug-likeness (QED) is 0.0262. The second kappa shape index (κ2) is 52.7. The number of carbonyl (C=O) groups excluding carboxylic acids is 3. The fourth-order valence-corrected chi connectivity index (χ4v) is 6.79. The highest BCUT2D eigenvalue weighted by atomic mass is 16.6. The van der Waals surface area contributed by atoms with Crippen LogP contribution in [0.1, 0.15) is 226 Å². The summed E-state index contributed by atoms with van der Waals surface area (Å²) in [6.45, 7) is 6.38. The van der Waals surface area contributed by atoms with E-state index in [2.05, 4.69) is 124 Å². The Morgan fingerprint density at radius 2 is 0.631 bits per heavy atom. The van der Waals surface area contributed by atoms with Crippen molar-refractivity contribution >= 4 is 17.9 Å². The van der Waals surface area contributed by atoms with Crippen molar-refractivity contribution in [3.63, 3.8) is 0 Å². The van der Waals surface area contributed by atoms with Gasteiger partial charge >= 0.3 is 17.9 Å². The average Bonchev–Trinajstić information content (AvgIpc) is 3.30. The van der Waals surface area contributed by atoms with Crippen molar-refractivity contribution in [3.8, 4) is 0 Å². The van der Waals surface area contributed by atoms with Gasteiger partial charge in [-0.1, -0.05) is 201 Å². The Morgan fingerprint density at radius 3 is 1.08 bits per heavy atom. The maximum absolute atomic E-state index is 12.8. The van der Waals surface area contributed by atoms with Crippen LogP contribution in [0.3, 0.4) is 0 Å². The van der Waals surface area contributed by atoms with E-state index in [1.165, 1.54) is 64.2 Å². The third-order valence-electron chi connectivity index (χ3n) is 10.7. The van der Waals surface area contributed by atoms with Gasteiger partial charge in [-0.15, -0.1) is 0 Å². The molecule has 368 valence electrons. The molecule has 0 aliphatic rings. The highest BCUT2D eigenvalue weighted by Crippen LogP contribution is 2.12. The first-order valence-corrected chi connectivity index (χ1v) is 26.4. The third kappa shape index (κ3) is 50.9. The number of esters is 3. The number of allylic oxidation sites excluding steroid dienone is 18. The van der Waals surface area contributed by atoms with Crippen LogP contribution in [0.4, 0.5) is 0 Å². The van der Waals surface area contributed by atoms with Crippen LogP contribution in [0.5, 0.6) is 0 Å². The lowest BCUT2D eigenvalue weighted by molar-refractivity contribution is -0.166. The summed E-state index contributed by atoms with van der Waals surface area (Å²) in [6, 6.07) is 0. The smallest absolute Gasteiger partial charge is 0.306 e. The number of unbranched alkanes of at least 4 members (excludes halogenated alkanes) is 17. The predicted octanol–water partition coefficient (Wildman–Crippen LogP) is 17.5. The summed E-state index contributed by atoms with van der Waals surface area (Å²) in [5.41, 5.74) is 0. The van der Waals surface area contributed by atoms with Gasteiger partial charge in [0, 0.05) is 19.3 Å². The zero-order valence-corrected chi connectivity index (χ0v) is 42.0. The Morgan fingerprint density at radius 1 is 0.323 bits per heavy atom. The SMILES string of the molecule is CC/C=C\C/C=C\C/C=C\CCCCCCCC(=O)OC[C@H](COC(=O)CC/C=C\C/C=C\C/C=C\C/C=C\C/C=C\CCCCC)OC(=O)CCCCCCC/C=C\CCCCCC. The largest absolute Gasteiger partial charge is 0.462 e. The van der Waals surface area contributed by atoms with E-state index in [0.29, 0.717) is 19.3 Å². The lowest BCUT2D eigenvalue weighted by Gasteiger charge is -2.18. The molecule has 0 aromatic heterocycles. The fraction of sp³-hybridized carbons (Fsp3) is 0.644. The molecule has 0 rings (SSSR count). The van der Waals surface area contributed by atoms with E-state index in [0.717, 1.165) is 116 Å². The molecule has 0 unspecified atom stereocenters. The number of hydrogen-bond acceptors (Lipinski definition) is 6. The highest BCUT2D eigenvalue weighted by Gasteiger charge is 2.19. The lowest BCUT2D eigenvalue weighted by Crippen LogP contribution is -2.30. The molecule has 0 spiro atoms. The normalized spacial score (nSPS) is 13.0. The molecule has 0 aliphatic heterocycles. The van der Waals surface area contributed by atoms with Crippen LogP contribution in [-0.2, 0) is 28.6 Å². The Kier molecular flexibility index (Phi) is 49.5. The minimum atomic E-state index is -0.821. The molecule has 0 aliphatic carbocycles. The molecule has 0 bridgehead atoms. The zero-order valence-electron chi connectivity index (χ0n) is 42.0. The maximum Gasteiger partial charge on any atom is 0.306 e. The summed E-state index contributed by atoms with van der Waals surface area (Å²) in [5, 5.41) is 0. The first-order chi connectivity index (χ1) is 32.0. The molecular weight excluding hydrogens is 805 g/mol. The Bertz CT molecular complexity index is 1360. The van der Waals surface area contributed by atoms with Gasteiger partial charge in [0.15, 0.2) is 6.10 Å². The molecule has 0 radical (unpaired) electrons. The number of hydrogen-bond donors (Lipinski definition) is 0. The third-order valence-corrected chi connectivity index (χ3v) is 10.7. The fourth-order valence-electron chi connectivity index (χ4n) is 6.79. The molecule has 0 saturated heterocycles. The monoisotopic (exact) mass is 901 g/mol. The first kappa shape index (κ1) is 61.1. The second-order valence-corrected chi connectivity index (χ2v) is 17.0.